The zero-order valence-electron chi connectivity index (χ0n) is 12.6. The largest absolute Gasteiger partial charge is 0.348 e. The average Bonchev–Trinajstić information content (AvgIpc) is 3.06. The molecule has 1 fully saturated rings. The summed E-state index contributed by atoms with van der Waals surface area (Å²) in [6.07, 6.45) is 0.958. The number of aromatic nitrogens is 2. The van der Waals surface area contributed by atoms with Gasteiger partial charge in [-0.15, -0.1) is 0 Å². The topological polar surface area (TPSA) is 80.0 Å². The summed E-state index contributed by atoms with van der Waals surface area (Å²) in [5, 5.41) is 11.1. The van der Waals surface area contributed by atoms with Gasteiger partial charge in [-0.25, -0.2) is 4.98 Å². The van der Waals surface area contributed by atoms with Crippen molar-refractivity contribution in [3.63, 3.8) is 0 Å². The van der Waals surface area contributed by atoms with Gasteiger partial charge in [0.2, 0.25) is 0 Å². The van der Waals surface area contributed by atoms with Gasteiger partial charge in [0.15, 0.2) is 0 Å². The van der Waals surface area contributed by atoms with Crippen LogP contribution in [0.2, 0.25) is 0 Å². The maximum Gasteiger partial charge on any atom is 0.259 e. The quantitative estimate of drug-likeness (QED) is 0.899. The highest BCUT2D eigenvalue weighted by molar-refractivity contribution is 6.06. The fourth-order valence-corrected chi connectivity index (χ4v) is 2.71. The first-order valence-corrected chi connectivity index (χ1v) is 7.34. The predicted octanol–water partition coefficient (Wildman–Crippen LogP) is 1.75. The summed E-state index contributed by atoms with van der Waals surface area (Å²) in [6.45, 7) is 7.67. The molecule has 1 atom stereocenters. The van der Waals surface area contributed by atoms with E-state index in [1.165, 1.54) is 0 Å². The van der Waals surface area contributed by atoms with Crippen molar-refractivity contribution in [1.82, 2.24) is 20.8 Å². The van der Waals surface area contributed by atoms with Crippen molar-refractivity contribution >= 4 is 17.0 Å². The molecule has 112 valence electrons. The first kappa shape index (κ1) is 14.0. The van der Waals surface area contributed by atoms with Crippen LogP contribution in [0.25, 0.3) is 11.1 Å². The Labute approximate surface area is 123 Å². The molecule has 1 saturated heterocycles. The number of pyridine rings is 1. The van der Waals surface area contributed by atoms with Crippen LogP contribution >= 0.6 is 0 Å². The lowest BCUT2D eigenvalue weighted by molar-refractivity contribution is 0.0941. The number of carbonyl (C=O) groups is 1. The summed E-state index contributed by atoms with van der Waals surface area (Å²) < 4.78 is 5.30. The molecule has 3 rings (SSSR count). The lowest BCUT2D eigenvalue weighted by Crippen LogP contribution is -2.36. The van der Waals surface area contributed by atoms with E-state index in [2.05, 4.69) is 20.8 Å². The second-order valence-electron chi connectivity index (χ2n) is 5.88. The van der Waals surface area contributed by atoms with Crippen molar-refractivity contribution in [3.8, 4) is 0 Å². The van der Waals surface area contributed by atoms with Crippen molar-refractivity contribution in [1.29, 1.82) is 0 Å². The van der Waals surface area contributed by atoms with Gasteiger partial charge < -0.3 is 15.2 Å². The van der Waals surface area contributed by atoms with E-state index in [0.717, 1.165) is 36.3 Å². The number of nitrogens with one attached hydrogen (secondary N) is 2. The van der Waals surface area contributed by atoms with Gasteiger partial charge in [-0.2, -0.15) is 0 Å². The lowest BCUT2D eigenvalue weighted by atomic mass is 10.0. The van der Waals surface area contributed by atoms with Gasteiger partial charge in [0.25, 0.3) is 11.6 Å². The van der Waals surface area contributed by atoms with Gasteiger partial charge >= 0.3 is 0 Å². The predicted molar refractivity (Wildman–Crippen MR) is 79.4 cm³/mol. The fourth-order valence-electron chi connectivity index (χ4n) is 2.71. The standard InChI is InChI=1S/C15H20N4O2/c1-8(2)13-12-11(6-9(3)17-15(12)21-19-13)14(20)18-10-4-5-16-7-10/h6,8,10,16H,4-5,7H2,1-3H3,(H,18,20). The van der Waals surface area contributed by atoms with Crippen LogP contribution in [-0.2, 0) is 0 Å². The van der Waals surface area contributed by atoms with E-state index in [1.807, 2.05) is 26.8 Å². The zero-order chi connectivity index (χ0) is 15.0. The van der Waals surface area contributed by atoms with Gasteiger partial charge in [-0.1, -0.05) is 19.0 Å². The molecule has 0 saturated carbocycles. The normalized spacial score (nSPS) is 18.6. The van der Waals surface area contributed by atoms with E-state index in [0.29, 0.717) is 11.3 Å². The molecule has 1 unspecified atom stereocenters. The van der Waals surface area contributed by atoms with Gasteiger partial charge in [0.1, 0.15) is 0 Å². The zero-order valence-corrected chi connectivity index (χ0v) is 12.6. The molecular formula is C15H20N4O2. The molecule has 0 bridgehead atoms. The molecular weight excluding hydrogens is 268 g/mol. The van der Waals surface area contributed by atoms with Crippen molar-refractivity contribution in [3.05, 3.63) is 23.0 Å². The highest BCUT2D eigenvalue weighted by atomic mass is 16.5. The molecule has 6 heteroatoms. The van der Waals surface area contributed by atoms with Crippen LogP contribution in [0.3, 0.4) is 0 Å². The number of nitrogens with zero attached hydrogens (tertiary/aromatic N) is 2. The Morgan fingerprint density at radius 2 is 2.33 bits per heavy atom. The van der Waals surface area contributed by atoms with E-state index >= 15 is 0 Å². The second kappa shape index (κ2) is 5.44. The number of rotatable bonds is 3. The van der Waals surface area contributed by atoms with Crippen molar-refractivity contribution in [2.75, 3.05) is 13.1 Å². The monoisotopic (exact) mass is 288 g/mol. The Hall–Kier alpha value is -1.95. The first-order chi connectivity index (χ1) is 10.1. The van der Waals surface area contributed by atoms with Crippen LogP contribution in [-0.4, -0.2) is 35.2 Å². The van der Waals surface area contributed by atoms with E-state index in [1.54, 1.807) is 0 Å². The highest BCUT2D eigenvalue weighted by Gasteiger charge is 2.24. The second-order valence-corrected chi connectivity index (χ2v) is 5.88. The van der Waals surface area contributed by atoms with E-state index < -0.39 is 0 Å². The Morgan fingerprint density at radius 1 is 1.52 bits per heavy atom. The average molecular weight is 288 g/mol. The summed E-state index contributed by atoms with van der Waals surface area (Å²) in [7, 11) is 0. The number of aryl methyl sites for hydroxylation is 1. The van der Waals surface area contributed by atoms with Crippen LogP contribution < -0.4 is 10.6 Å². The molecule has 0 spiro atoms. The van der Waals surface area contributed by atoms with Crippen molar-refractivity contribution < 1.29 is 9.32 Å². The molecule has 2 N–H and O–H groups in total. The molecule has 21 heavy (non-hydrogen) atoms. The minimum absolute atomic E-state index is 0.0794. The highest BCUT2D eigenvalue weighted by Crippen LogP contribution is 2.27. The molecule has 0 aliphatic carbocycles. The van der Waals surface area contributed by atoms with Crippen molar-refractivity contribution in [2.24, 2.45) is 0 Å². The van der Waals surface area contributed by atoms with E-state index in [9.17, 15) is 4.79 Å². The minimum Gasteiger partial charge on any atom is -0.348 e. The van der Waals surface area contributed by atoms with Crippen LogP contribution in [0.5, 0.6) is 0 Å². The SMILES string of the molecule is Cc1cc(C(=O)NC2CCNC2)c2c(C(C)C)noc2n1. The van der Waals surface area contributed by atoms with Crippen LogP contribution in [0.1, 0.15) is 47.9 Å². The maximum atomic E-state index is 12.6. The van der Waals surface area contributed by atoms with Gasteiger partial charge in [0.05, 0.1) is 16.6 Å². The molecule has 0 radical (unpaired) electrons. The summed E-state index contributed by atoms with van der Waals surface area (Å²) in [6, 6.07) is 1.99. The summed E-state index contributed by atoms with van der Waals surface area (Å²) in [5.41, 5.74) is 2.58. The first-order valence-electron chi connectivity index (χ1n) is 7.34. The van der Waals surface area contributed by atoms with Crippen LogP contribution in [0.4, 0.5) is 0 Å². The van der Waals surface area contributed by atoms with Gasteiger partial charge in [-0.05, 0) is 31.9 Å². The third kappa shape index (κ3) is 2.63. The number of amides is 1. The lowest BCUT2D eigenvalue weighted by Gasteiger charge is -2.12. The Morgan fingerprint density at radius 3 is 3.00 bits per heavy atom. The Kier molecular flexibility index (Phi) is 3.63. The molecule has 3 heterocycles. The molecule has 2 aromatic heterocycles. The molecule has 1 aliphatic heterocycles. The molecule has 1 amide bonds. The van der Waals surface area contributed by atoms with Crippen LogP contribution in [0, 0.1) is 6.92 Å². The third-order valence-corrected chi connectivity index (χ3v) is 3.79. The number of carbonyl (C=O) groups excluding carboxylic acids is 1. The minimum atomic E-state index is -0.0794. The third-order valence-electron chi connectivity index (χ3n) is 3.79. The van der Waals surface area contributed by atoms with Crippen molar-refractivity contribution in [2.45, 2.75) is 39.2 Å². The molecule has 1 aliphatic rings. The Balaban J connectivity index is 2.02. The fraction of sp³-hybridized carbons (Fsp3) is 0.533. The van der Waals surface area contributed by atoms with E-state index in [4.69, 9.17) is 4.52 Å². The molecule has 6 nitrogen and oxygen atoms in total. The number of hydrogen-bond acceptors (Lipinski definition) is 5. The molecule has 0 aromatic carbocycles. The summed E-state index contributed by atoms with van der Waals surface area (Å²) in [5.74, 6) is 0.0970. The Bertz CT molecular complexity index is 672. The van der Waals surface area contributed by atoms with Gasteiger partial charge in [0, 0.05) is 18.3 Å². The maximum absolute atomic E-state index is 12.6. The number of hydrogen-bond donors (Lipinski definition) is 2. The summed E-state index contributed by atoms with van der Waals surface area (Å²) in [4.78, 5) is 16.9. The van der Waals surface area contributed by atoms with Crippen LogP contribution in [0.15, 0.2) is 10.6 Å². The van der Waals surface area contributed by atoms with E-state index in [-0.39, 0.29) is 17.9 Å². The molecule has 2 aromatic rings. The summed E-state index contributed by atoms with van der Waals surface area (Å²) >= 11 is 0. The number of fused-ring (bicyclic) bond motifs is 1. The van der Waals surface area contributed by atoms with Gasteiger partial charge in [-0.3, -0.25) is 4.79 Å². The smallest absolute Gasteiger partial charge is 0.259 e.